The average molecular weight is 640 g/mol. The van der Waals surface area contributed by atoms with E-state index in [2.05, 4.69) is 5.32 Å². The Hall–Kier alpha value is -3.56. The molecule has 3 aromatic rings. The molecule has 4 rings (SSSR count). The third-order valence-electron chi connectivity index (χ3n) is 7.80. The van der Waals surface area contributed by atoms with Gasteiger partial charge in [-0.15, -0.1) is 0 Å². The van der Waals surface area contributed by atoms with E-state index in [4.69, 9.17) is 16.3 Å². The van der Waals surface area contributed by atoms with Crippen molar-refractivity contribution in [2.45, 2.75) is 70.5 Å². The molecular weight excluding hydrogens is 598 g/mol. The van der Waals surface area contributed by atoms with Gasteiger partial charge in [0, 0.05) is 37.0 Å². The molecule has 8 nitrogen and oxygen atoms in total. The van der Waals surface area contributed by atoms with Gasteiger partial charge >= 0.3 is 0 Å². The van der Waals surface area contributed by atoms with Crippen molar-refractivity contribution in [3.8, 4) is 5.75 Å². The Morgan fingerprint density at radius 3 is 2.34 bits per heavy atom. The SMILES string of the molecule is CCOc1ccccc1N(CCCC(=O)N(Cc1cccc(Cl)c1)[C@H](Cc1ccccc1)C(=O)NC1CCCC1)S(C)(=O)=O. The van der Waals surface area contributed by atoms with Crippen molar-refractivity contribution < 1.29 is 22.7 Å². The molecule has 1 aliphatic rings. The zero-order chi connectivity index (χ0) is 31.5. The molecule has 0 unspecified atom stereocenters. The van der Waals surface area contributed by atoms with E-state index in [-0.39, 0.29) is 43.8 Å². The first-order valence-electron chi connectivity index (χ1n) is 15.2. The van der Waals surface area contributed by atoms with E-state index < -0.39 is 16.1 Å². The molecule has 1 saturated carbocycles. The number of nitrogens with zero attached hydrogens (tertiary/aromatic N) is 2. The fraction of sp³-hybridized carbons (Fsp3) is 0.412. The minimum absolute atomic E-state index is 0.0470. The summed E-state index contributed by atoms with van der Waals surface area (Å²) in [7, 11) is -3.66. The van der Waals surface area contributed by atoms with Gasteiger partial charge < -0.3 is 15.0 Å². The fourth-order valence-corrected chi connectivity index (χ4v) is 6.86. The Morgan fingerprint density at radius 2 is 1.66 bits per heavy atom. The van der Waals surface area contributed by atoms with Gasteiger partial charge in [0.1, 0.15) is 11.8 Å². The van der Waals surface area contributed by atoms with Crippen molar-refractivity contribution in [3.63, 3.8) is 0 Å². The summed E-state index contributed by atoms with van der Waals surface area (Å²) in [5.74, 6) is 0.0411. The summed E-state index contributed by atoms with van der Waals surface area (Å²) < 4.78 is 32.7. The number of carbonyl (C=O) groups excluding carboxylic acids is 2. The number of halogens is 1. The van der Waals surface area contributed by atoms with E-state index in [0.717, 1.165) is 43.1 Å². The van der Waals surface area contributed by atoms with Gasteiger partial charge in [0.25, 0.3) is 0 Å². The summed E-state index contributed by atoms with van der Waals surface area (Å²) in [6.45, 7) is 2.50. The molecule has 1 aliphatic carbocycles. The highest BCUT2D eigenvalue weighted by molar-refractivity contribution is 7.92. The zero-order valence-corrected chi connectivity index (χ0v) is 27.0. The summed E-state index contributed by atoms with van der Waals surface area (Å²) >= 11 is 6.29. The molecule has 236 valence electrons. The maximum atomic E-state index is 14.1. The van der Waals surface area contributed by atoms with Crippen LogP contribution in [0.2, 0.25) is 5.02 Å². The lowest BCUT2D eigenvalue weighted by molar-refractivity contribution is -0.141. The second-order valence-electron chi connectivity index (χ2n) is 11.2. The molecule has 0 bridgehead atoms. The first-order valence-corrected chi connectivity index (χ1v) is 17.5. The number of sulfonamides is 1. The number of carbonyl (C=O) groups is 2. The van der Waals surface area contributed by atoms with Crippen molar-refractivity contribution >= 4 is 39.1 Å². The van der Waals surface area contributed by atoms with Crippen LogP contribution in [0.4, 0.5) is 5.69 Å². The highest BCUT2D eigenvalue weighted by Gasteiger charge is 2.32. The molecule has 0 spiro atoms. The second-order valence-corrected chi connectivity index (χ2v) is 13.5. The monoisotopic (exact) mass is 639 g/mol. The number of hydrogen-bond donors (Lipinski definition) is 1. The van der Waals surface area contributed by atoms with E-state index in [1.807, 2.05) is 49.4 Å². The molecule has 2 amide bonds. The van der Waals surface area contributed by atoms with E-state index in [0.29, 0.717) is 29.5 Å². The Kier molecular flexibility index (Phi) is 12.1. The van der Waals surface area contributed by atoms with Crippen LogP contribution in [0.3, 0.4) is 0 Å². The number of amides is 2. The lowest BCUT2D eigenvalue weighted by Gasteiger charge is -2.33. The third-order valence-corrected chi connectivity index (χ3v) is 9.22. The summed E-state index contributed by atoms with van der Waals surface area (Å²) in [5.41, 5.74) is 2.18. The molecule has 1 fully saturated rings. The van der Waals surface area contributed by atoms with Gasteiger partial charge in [-0.2, -0.15) is 0 Å². The molecule has 0 saturated heterocycles. The molecule has 0 heterocycles. The lowest BCUT2D eigenvalue weighted by atomic mass is 10.0. The van der Waals surface area contributed by atoms with Gasteiger partial charge in [0.15, 0.2) is 0 Å². The molecule has 1 N–H and O–H groups in total. The van der Waals surface area contributed by atoms with Crippen molar-refractivity contribution in [2.24, 2.45) is 0 Å². The van der Waals surface area contributed by atoms with Gasteiger partial charge in [-0.3, -0.25) is 13.9 Å². The van der Waals surface area contributed by atoms with E-state index in [9.17, 15) is 18.0 Å². The summed E-state index contributed by atoms with van der Waals surface area (Å²) in [6.07, 6.45) is 5.79. The Morgan fingerprint density at radius 1 is 0.977 bits per heavy atom. The minimum atomic E-state index is -3.66. The van der Waals surface area contributed by atoms with Crippen molar-refractivity contribution in [3.05, 3.63) is 95.0 Å². The number of nitrogens with one attached hydrogen (secondary N) is 1. The summed E-state index contributed by atoms with van der Waals surface area (Å²) in [4.78, 5) is 29.6. The van der Waals surface area contributed by atoms with Crippen molar-refractivity contribution in [1.82, 2.24) is 10.2 Å². The molecule has 0 aliphatic heterocycles. The van der Waals surface area contributed by atoms with Crippen LogP contribution >= 0.6 is 11.6 Å². The van der Waals surface area contributed by atoms with Gasteiger partial charge in [-0.25, -0.2) is 8.42 Å². The molecule has 0 radical (unpaired) electrons. The van der Waals surface area contributed by atoms with Gasteiger partial charge in [-0.05, 0) is 61.6 Å². The van der Waals surface area contributed by atoms with Crippen LogP contribution in [0.15, 0.2) is 78.9 Å². The smallest absolute Gasteiger partial charge is 0.243 e. The second kappa shape index (κ2) is 16.0. The van der Waals surface area contributed by atoms with Crippen LogP contribution in [0.1, 0.15) is 56.6 Å². The van der Waals surface area contributed by atoms with E-state index >= 15 is 0 Å². The van der Waals surface area contributed by atoms with Gasteiger partial charge in [0.05, 0.1) is 18.6 Å². The first-order chi connectivity index (χ1) is 21.2. The average Bonchev–Trinajstić information content (AvgIpc) is 3.50. The lowest BCUT2D eigenvalue weighted by Crippen LogP contribution is -2.52. The number of ether oxygens (including phenoxy) is 1. The van der Waals surface area contributed by atoms with Crippen LogP contribution < -0.4 is 14.4 Å². The first kappa shape index (κ1) is 33.3. The zero-order valence-electron chi connectivity index (χ0n) is 25.5. The normalized spacial score (nSPS) is 14.2. The number of anilines is 1. The molecule has 10 heteroatoms. The van der Waals surface area contributed by atoms with Crippen LogP contribution in [0, 0.1) is 0 Å². The van der Waals surface area contributed by atoms with E-state index in [1.54, 1.807) is 41.3 Å². The molecule has 3 aromatic carbocycles. The van der Waals surface area contributed by atoms with Gasteiger partial charge in [0.2, 0.25) is 21.8 Å². The maximum Gasteiger partial charge on any atom is 0.243 e. The largest absolute Gasteiger partial charge is 0.492 e. The fourth-order valence-electron chi connectivity index (χ4n) is 5.68. The van der Waals surface area contributed by atoms with Crippen LogP contribution in [-0.2, 0) is 32.6 Å². The molecule has 0 aromatic heterocycles. The van der Waals surface area contributed by atoms with Crippen LogP contribution in [0.5, 0.6) is 5.75 Å². The van der Waals surface area contributed by atoms with Crippen LogP contribution in [-0.4, -0.2) is 56.6 Å². The maximum absolute atomic E-state index is 14.1. The van der Waals surface area contributed by atoms with Crippen molar-refractivity contribution in [2.75, 3.05) is 23.7 Å². The topological polar surface area (TPSA) is 96.0 Å². The molecule has 1 atom stereocenters. The summed E-state index contributed by atoms with van der Waals surface area (Å²) in [6, 6.07) is 23.3. The number of para-hydroxylation sites is 2. The quantitative estimate of drug-likeness (QED) is 0.221. The predicted octanol–water partition coefficient (Wildman–Crippen LogP) is 5.98. The Bertz CT molecular complexity index is 1500. The molecular formula is C34H42ClN3O5S. The number of benzene rings is 3. The predicted molar refractivity (Wildman–Crippen MR) is 175 cm³/mol. The highest BCUT2D eigenvalue weighted by Crippen LogP contribution is 2.30. The standard InChI is InChI=1S/C34H42ClN3O5S/c1-3-43-32-20-10-9-19-30(32)38(44(2,41)42)22-12-21-33(39)37(25-27-15-11-16-28(35)23-27)31(24-26-13-5-4-6-14-26)34(40)36-29-17-7-8-18-29/h4-6,9-11,13-16,19-20,23,29,31H,3,7-8,12,17-18,21-22,24-25H2,1-2H3,(H,36,40)/t31-/m1/s1. The number of rotatable bonds is 15. The Labute approximate surface area is 266 Å². The summed E-state index contributed by atoms with van der Waals surface area (Å²) in [5, 5.41) is 3.75. The third kappa shape index (κ3) is 9.47. The number of hydrogen-bond acceptors (Lipinski definition) is 5. The van der Waals surface area contributed by atoms with E-state index in [1.165, 1.54) is 4.31 Å². The Balaban J connectivity index is 1.60. The minimum Gasteiger partial charge on any atom is -0.492 e. The molecule has 44 heavy (non-hydrogen) atoms. The van der Waals surface area contributed by atoms with Gasteiger partial charge in [-0.1, -0.05) is 79.0 Å². The van der Waals surface area contributed by atoms with Crippen molar-refractivity contribution in [1.29, 1.82) is 0 Å². The van der Waals surface area contributed by atoms with Crippen LogP contribution in [0.25, 0.3) is 0 Å². The highest BCUT2D eigenvalue weighted by atomic mass is 35.5.